The van der Waals surface area contributed by atoms with Crippen LogP contribution in [0, 0.1) is 0 Å². The molecule has 0 spiro atoms. The van der Waals surface area contributed by atoms with Crippen LogP contribution in [0.5, 0.6) is 5.75 Å². The molecule has 1 atom stereocenters. The molecule has 1 fully saturated rings. The first kappa shape index (κ1) is 18.2. The fraction of sp³-hybridized carbons (Fsp3) is 0.333. The number of fused-ring (bicyclic) bond motifs is 1. The summed E-state index contributed by atoms with van der Waals surface area (Å²) >= 11 is 0. The fourth-order valence-corrected chi connectivity index (χ4v) is 3.59. The van der Waals surface area contributed by atoms with Gasteiger partial charge in [0.15, 0.2) is 18.0 Å². The third-order valence-electron chi connectivity index (χ3n) is 5.08. The summed E-state index contributed by atoms with van der Waals surface area (Å²) in [4.78, 5) is 26.0. The minimum Gasteiger partial charge on any atom is -0.484 e. The van der Waals surface area contributed by atoms with Gasteiger partial charge in [0.2, 0.25) is 0 Å². The first-order valence-electron chi connectivity index (χ1n) is 9.43. The van der Waals surface area contributed by atoms with E-state index in [0.29, 0.717) is 24.4 Å². The highest BCUT2D eigenvalue weighted by Crippen LogP contribution is 2.26. The number of carbonyl (C=O) groups is 2. The Kier molecular flexibility index (Phi) is 5.06. The zero-order chi connectivity index (χ0) is 19.5. The Hall–Kier alpha value is -3.22. The maximum absolute atomic E-state index is 12.7. The Morgan fingerprint density at radius 1 is 1.18 bits per heavy atom. The summed E-state index contributed by atoms with van der Waals surface area (Å²) in [6.45, 7) is 2.77. The molecule has 3 aromatic rings. The zero-order valence-corrected chi connectivity index (χ0v) is 15.7. The van der Waals surface area contributed by atoms with Crippen LogP contribution in [-0.4, -0.2) is 50.9 Å². The lowest BCUT2D eigenvalue weighted by Gasteiger charge is -2.31. The minimum atomic E-state index is -0.0632. The fourth-order valence-electron chi connectivity index (χ4n) is 3.59. The molecular weight excluding hydrogens is 356 g/mol. The van der Waals surface area contributed by atoms with Crippen LogP contribution in [0.1, 0.15) is 41.9 Å². The second kappa shape index (κ2) is 7.80. The number of hydrogen-bond acceptors (Lipinski definition) is 5. The Morgan fingerprint density at radius 3 is 2.93 bits per heavy atom. The summed E-state index contributed by atoms with van der Waals surface area (Å²) in [5.41, 5.74) is 1.39. The van der Waals surface area contributed by atoms with E-state index in [2.05, 4.69) is 10.2 Å². The number of aromatic nitrogens is 3. The molecular formula is C21H22N4O3. The topological polar surface area (TPSA) is 76.8 Å². The number of nitrogens with zero attached hydrogens (tertiary/aromatic N) is 4. The van der Waals surface area contributed by atoms with Gasteiger partial charge in [-0.25, -0.2) is 0 Å². The second-order valence-corrected chi connectivity index (χ2v) is 7.04. The lowest BCUT2D eigenvalue weighted by atomic mass is 9.97. The molecule has 0 saturated carbocycles. The van der Waals surface area contributed by atoms with E-state index < -0.39 is 0 Å². The summed E-state index contributed by atoms with van der Waals surface area (Å²) in [6.07, 6.45) is 3.84. The molecule has 4 rings (SSSR count). The molecule has 1 amide bonds. The summed E-state index contributed by atoms with van der Waals surface area (Å²) in [5, 5.41) is 8.56. The molecule has 3 heterocycles. The smallest absolute Gasteiger partial charge is 0.260 e. The van der Waals surface area contributed by atoms with Gasteiger partial charge in [0.05, 0.1) is 0 Å². The molecule has 0 bridgehead atoms. The Labute approximate surface area is 162 Å². The number of benzene rings is 1. The van der Waals surface area contributed by atoms with Gasteiger partial charge in [0.1, 0.15) is 11.6 Å². The predicted octanol–water partition coefficient (Wildman–Crippen LogP) is 2.72. The molecule has 0 N–H and O–H groups in total. The van der Waals surface area contributed by atoms with Crippen molar-refractivity contribution in [3.05, 3.63) is 60.0 Å². The highest BCUT2D eigenvalue weighted by molar-refractivity contribution is 5.94. The van der Waals surface area contributed by atoms with Crippen LogP contribution in [-0.2, 0) is 4.79 Å². The van der Waals surface area contributed by atoms with Gasteiger partial charge in [0.25, 0.3) is 5.91 Å². The summed E-state index contributed by atoms with van der Waals surface area (Å²) < 4.78 is 7.62. The highest BCUT2D eigenvalue weighted by Gasteiger charge is 2.28. The van der Waals surface area contributed by atoms with E-state index in [-0.39, 0.29) is 24.2 Å². The maximum Gasteiger partial charge on any atom is 0.260 e. The van der Waals surface area contributed by atoms with E-state index in [4.69, 9.17) is 4.74 Å². The van der Waals surface area contributed by atoms with E-state index in [1.165, 1.54) is 6.92 Å². The van der Waals surface area contributed by atoms with Crippen LogP contribution in [0.25, 0.3) is 5.65 Å². The monoisotopic (exact) mass is 378 g/mol. The van der Waals surface area contributed by atoms with E-state index in [0.717, 1.165) is 24.3 Å². The van der Waals surface area contributed by atoms with Crippen molar-refractivity contribution in [3.8, 4) is 5.75 Å². The molecule has 7 heteroatoms. The lowest BCUT2D eigenvalue weighted by Crippen LogP contribution is -2.42. The van der Waals surface area contributed by atoms with Gasteiger partial charge >= 0.3 is 0 Å². The number of likely N-dealkylation sites (tertiary alicyclic amines) is 1. The molecule has 1 aliphatic heterocycles. The van der Waals surface area contributed by atoms with E-state index in [9.17, 15) is 9.59 Å². The average Bonchev–Trinajstić information content (AvgIpc) is 3.16. The number of ether oxygens (including phenoxy) is 1. The Bertz CT molecular complexity index is 1010. The predicted molar refractivity (Wildman–Crippen MR) is 103 cm³/mol. The summed E-state index contributed by atoms with van der Waals surface area (Å²) in [7, 11) is 0. The molecule has 0 aliphatic carbocycles. The zero-order valence-electron chi connectivity index (χ0n) is 15.7. The molecule has 0 radical (unpaired) electrons. The van der Waals surface area contributed by atoms with Crippen LogP contribution < -0.4 is 4.74 Å². The molecule has 1 aromatic carbocycles. The minimum absolute atomic E-state index is 0.0313. The van der Waals surface area contributed by atoms with Crippen LogP contribution >= 0.6 is 0 Å². The third kappa shape index (κ3) is 3.74. The van der Waals surface area contributed by atoms with Gasteiger partial charge in [-0.05, 0) is 44.0 Å². The number of piperidine rings is 1. The van der Waals surface area contributed by atoms with Crippen LogP contribution in [0.3, 0.4) is 0 Å². The van der Waals surface area contributed by atoms with Crippen molar-refractivity contribution >= 4 is 17.3 Å². The molecule has 1 aliphatic rings. The van der Waals surface area contributed by atoms with E-state index in [1.807, 2.05) is 33.7 Å². The SMILES string of the molecule is CC(=O)c1cccc(OCC(=O)N2CCCC(c3nnc4ccccn34)C2)c1. The quantitative estimate of drug-likeness (QED) is 0.638. The van der Waals surface area contributed by atoms with Crippen molar-refractivity contribution < 1.29 is 14.3 Å². The van der Waals surface area contributed by atoms with Gasteiger partial charge in [0, 0.05) is 30.8 Å². The molecule has 2 aromatic heterocycles. The van der Waals surface area contributed by atoms with Crippen LogP contribution in [0.4, 0.5) is 0 Å². The van der Waals surface area contributed by atoms with Gasteiger partial charge < -0.3 is 9.64 Å². The molecule has 28 heavy (non-hydrogen) atoms. The van der Waals surface area contributed by atoms with Gasteiger partial charge in [-0.2, -0.15) is 0 Å². The van der Waals surface area contributed by atoms with Crippen molar-refractivity contribution in [1.82, 2.24) is 19.5 Å². The maximum atomic E-state index is 12.7. The number of Topliss-reactive ketones (excluding diaryl/α,β-unsaturated/α-hetero) is 1. The van der Waals surface area contributed by atoms with Crippen molar-refractivity contribution in [2.75, 3.05) is 19.7 Å². The average molecular weight is 378 g/mol. The normalized spacial score (nSPS) is 16.9. The van der Waals surface area contributed by atoms with Crippen molar-refractivity contribution in [2.45, 2.75) is 25.7 Å². The van der Waals surface area contributed by atoms with Crippen molar-refractivity contribution in [1.29, 1.82) is 0 Å². The summed E-state index contributed by atoms with van der Waals surface area (Å²) in [6, 6.07) is 12.7. The van der Waals surface area contributed by atoms with E-state index in [1.54, 1.807) is 24.3 Å². The third-order valence-corrected chi connectivity index (χ3v) is 5.08. The lowest BCUT2D eigenvalue weighted by molar-refractivity contribution is -0.134. The van der Waals surface area contributed by atoms with Crippen LogP contribution in [0.2, 0.25) is 0 Å². The standard InChI is InChI=1S/C21H22N4O3/c1-15(26)16-6-4-8-18(12-16)28-14-20(27)24-10-5-7-17(13-24)21-23-22-19-9-2-3-11-25(19)21/h2-4,6,8-9,11-12,17H,5,7,10,13-14H2,1H3. The number of ketones is 1. The van der Waals surface area contributed by atoms with Gasteiger partial charge in [-0.15, -0.1) is 10.2 Å². The van der Waals surface area contributed by atoms with E-state index >= 15 is 0 Å². The number of rotatable bonds is 5. The van der Waals surface area contributed by atoms with Crippen LogP contribution in [0.15, 0.2) is 48.7 Å². The molecule has 144 valence electrons. The Morgan fingerprint density at radius 2 is 2.07 bits per heavy atom. The van der Waals surface area contributed by atoms with Crippen molar-refractivity contribution in [2.24, 2.45) is 0 Å². The van der Waals surface area contributed by atoms with Gasteiger partial charge in [-0.3, -0.25) is 14.0 Å². The highest BCUT2D eigenvalue weighted by atomic mass is 16.5. The largest absolute Gasteiger partial charge is 0.484 e. The van der Waals surface area contributed by atoms with Gasteiger partial charge in [-0.1, -0.05) is 18.2 Å². The molecule has 1 saturated heterocycles. The number of carbonyl (C=O) groups excluding carboxylic acids is 2. The number of pyridine rings is 1. The number of hydrogen-bond donors (Lipinski definition) is 0. The second-order valence-electron chi connectivity index (χ2n) is 7.04. The first-order valence-corrected chi connectivity index (χ1v) is 9.43. The Balaban J connectivity index is 1.41. The number of amides is 1. The molecule has 1 unspecified atom stereocenters. The first-order chi connectivity index (χ1) is 13.6. The molecule has 7 nitrogen and oxygen atoms in total. The summed E-state index contributed by atoms with van der Waals surface area (Å²) in [5.74, 6) is 1.47. The van der Waals surface area contributed by atoms with Crippen molar-refractivity contribution in [3.63, 3.8) is 0 Å².